The average Bonchev–Trinajstić information content (AvgIpc) is 3.10. The first-order valence-electron chi connectivity index (χ1n) is 11.6. The van der Waals surface area contributed by atoms with Crippen LogP contribution in [0.5, 0.6) is 0 Å². The van der Waals surface area contributed by atoms with E-state index in [1.165, 1.54) is 12.1 Å². The van der Waals surface area contributed by atoms with Crippen molar-refractivity contribution in [3.63, 3.8) is 0 Å². The van der Waals surface area contributed by atoms with Crippen LogP contribution in [0.25, 0.3) is 0 Å². The second-order valence-electron chi connectivity index (χ2n) is 8.71. The van der Waals surface area contributed by atoms with E-state index in [1.807, 2.05) is 24.3 Å². The fourth-order valence-corrected chi connectivity index (χ4v) is 16.2. The topological polar surface area (TPSA) is 3.24 Å². The lowest BCUT2D eigenvalue weighted by molar-refractivity contribution is 0.604. The molecule has 0 amide bonds. The molecule has 0 aliphatic carbocycles. The van der Waals surface area contributed by atoms with E-state index in [0.717, 1.165) is 45.1 Å². The van der Waals surface area contributed by atoms with Crippen LogP contribution in [0.4, 0.5) is 8.78 Å². The van der Waals surface area contributed by atoms with E-state index in [1.54, 1.807) is 12.1 Å². The normalized spacial score (nSPS) is 21.0. The van der Waals surface area contributed by atoms with Crippen molar-refractivity contribution in [2.45, 2.75) is 70.6 Å². The maximum absolute atomic E-state index is 15.4. The van der Waals surface area contributed by atoms with E-state index >= 15 is 8.78 Å². The highest BCUT2D eigenvalue weighted by Gasteiger charge is 2.59. The van der Waals surface area contributed by atoms with Gasteiger partial charge in [-0.2, -0.15) is 6.66 Å². The first-order valence-corrected chi connectivity index (χ1v) is 15.6. The Morgan fingerprint density at radius 2 is 1.35 bits per heavy atom. The Balaban J connectivity index is 2.32. The van der Waals surface area contributed by atoms with Crippen LogP contribution in [0.2, 0.25) is 0 Å². The number of hydrogen-bond donors (Lipinski definition) is 0. The number of benzene rings is 2. The van der Waals surface area contributed by atoms with Crippen LogP contribution in [0.15, 0.2) is 48.5 Å². The third kappa shape index (κ3) is 4.36. The molecule has 3 rings (SSSR count). The molecular formula is C26H37F2NP2. The minimum absolute atomic E-state index is 0.289. The zero-order valence-corrected chi connectivity index (χ0v) is 21.0. The van der Waals surface area contributed by atoms with Crippen LogP contribution in [-0.4, -0.2) is 22.3 Å². The molecule has 2 atom stereocenters. The van der Waals surface area contributed by atoms with Gasteiger partial charge in [0.25, 0.3) is 0 Å². The monoisotopic (exact) mass is 463 g/mol. The minimum Gasteiger partial charge on any atom is -0.203 e. The van der Waals surface area contributed by atoms with Gasteiger partial charge in [-0.1, -0.05) is 51.5 Å². The van der Waals surface area contributed by atoms with E-state index in [-0.39, 0.29) is 11.6 Å². The maximum Gasteiger partial charge on any atom is 0.164 e. The van der Waals surface area contributed by atoms with Crippen molar-refractivity contribution in [2.24, 2.45) is 0 Å². The van der Waals surface area contributed by atoms with Crippen molar-refractivity contribution in [1.82, 2.24) is 4.44 Å². The van der Waals surface area contributed by atoms with Crippen LogP contribution in [-0.2, 0) is 0 Å². The van der Waals surface area contributed by atoms with Gasteiger partial charge in [-0.25, -0.2) is 8.78 Å². The summed E-state index contributed by atoms with van der Waals surface area (Å²) in [5.41, 5.74) is 0.989. The second kappa shape index (κ2) is 10.4. The zero-order valence-electron chi connectivity index (χ0n) is 19.2. The molecule has 1 fully saturated rings. The SMILES string of the molecule is [CH2-][P+](c1ccccc1F)(c1ccccc1F)N(CCCC)[P+]1([CH2-])[C@H](CC)CC[C@H]1CC. The highest BCUT2D eigenvalue weighted by atomic mass is 31.2. The second-order valence-corrected chi connectivity index (χ2v) is 15.7. The Hall–Kier alpha value is -0.880. The van der Waals surface area contributed by atoms with E-state index in [2.05, 4.69) is 25.2 Å². The van der Waals surface area contributed by atoms with Gasteiger partial charge in [0, 0.05) is 0 Å². The number of rotatable bonds is 9. The summed E-state index contributed by atoms with van der Waals surface area (Å²) >= 11 is 0. The molecular weight excluding hydrogens is 426 g/mol. The summed E-state index contributed by atoms with van der Waals surface area (Å²) in [4.78, 5) is 0. The van der Waals surface area contributed by atoms with Crippen molar-refractivity contribution in [3.05, 3.63) is 73.5 Å². The molecule has 1 aliphatic heterocycles. The van der Waals surface area contributed by atoms with Gasteiger partial charge in [-0.05, 0) is 63.8 Å². The van der Waals surface area contributed by atoms with Gasteiger partial charge in [0.2, 0.25) is 0 Å². The first-order chi connectivity index (χ1) is 14.8. The van der Waals surface area contributed by atoms with Crippen molar-refractivity contribution >= 4 is 25.4 Å². The average molecular weight is 464 g/mol. The van der Waals surface area contributed by atoms with Gasteiger partial charge in [-0.15, -0.1) is 11.1 Å². The molecule has 31 heavy (non-hydrogen) atoms. The molecule has 0 bridgehead atoms. The Morgan fingerprint density at radius 3 is 1.74 bits per heavy atom. The van der Waals surface area contributed by atoms with E-state index in [0.29, 0.717) is 21.9 Å². The third-order valence-electron chi connectivity index (χ3n) is 7.08. The minimum atomic E-state index is -2.78. The Bertz CT molecular complexity index is 814. The first kappa shape index (κ1) is 24.8. The van der Waals surface area contributed by atoms with Gasteiger partial charge in [0.1, 0.15) is 10.6 Å². The van der Waals surface area contributed by atoms with Crippen molar-refractivity contribution < 1.29 is 8.78 Å². The predicted octanol–water partition coefficient (Wildman–Crippen LogP) is 7.82. The molecule has 2 aromatic carbocycles. The molecule has 0 N–H and O–H groups in total. The fraction of sp³-hybridized carbons (Fsp3) is 0.462. The largest absolute Gasteiger partial charge is 0.203 e. The smallest absolute Gasteiger partial charge is 0.164 e. The van der Waals surface area contributed by atoms with Crippen LogP contribution in [0.3, 0.4) is 0 Å². The van der Waals surface area contributed by atoms with Gasteiger partial charge < -0.3 is 0 Å². The van der Waals surface area contributed by atoms with Crippen LogP contribution < -0.4 is 10.6 Å². The summed E-state index contributed by atoms with van der Waals surface area (Å²) < 4.78 is 33.3. The van der Waals surface area contributed by atoms with E-state index in [9.17, 15) is 0 Å². The summed E-state index contributed by atoms with van der Waals surface area (Å²) in [7, 11) is -4.72. The summed E-state index contributed by atoms with van der Waals surface area (Å²) in [6, 6.07) is 13.8. The molecule has 1 nitrogen and oxygen atoms in total. The van der Waals surface area contributed by atoms with Gasteiger partial charge in [-0.3, -0.25) is 0 Å². The van der Waals surface area contributed by atoms with Crippen LogP contribution >= 0.6 is 14.8 Å². The molecule has 1 heterocycles. The molecule has 0 saturated carbocycles. The summed E-state index contributed by atoms with van der Waals surface area (Å²) in [5.74, 6) is -0.579. The Morgan fingerprint density at radius 1 is 0.903 bits per heavy atom. The van der Waals surface area contributed by atoms with E-state index in [4.69, 9.17) is 13.3 Å². The standard InChI is InChI=1S/C26H37F2NP2/c1-6-9-20-29(30(4)21(7-2)18-19-22(30)8-3)31(5,25-16-12-10-14-23(25)27)26-17-13-11-15-24(26)28/h10-17,21-22H,4-9,18-20H2,1-3H3/t21-,22-/m1/s1. The Kier molecular flexibility index (Phi) is 8.28. The summed E-state index contributed by atoms with van der Waals surface area (Å²) in [6.45, 7) is 17.2. The molecule has 170 valence electrons. The molecule has 0 aromatic heterocycles. The molecule has 1 aliphatic rings. The molecule has 5 heteroatoms. The van der Waals surface area contributed by atoms with Crippen LogP contribution in [0, 0.1) is 25.0 Å². The maximum atomic E-state index is 15.4. The highest BCUT2D eigenvalue weighted by molar-refractivity contribution is 7.97. The number of hydrogen-bond acceptors (Lipinski definition) is 1. The van der Waals surface area contributed by atoms with Crippen LogP contribution in [0.1, 0.15) is 59.3 Å². The van der Waals surface area contributed by atoms with Crippen molar-refractivity contribution in [2.75, 3.05) is 6.54 Å². The lowest BCUT2D eigenvalue weighted by Gasteiger charge is -2.51. The summed E-state index contributed by atoms with van der Waals surface area (Å²) in [6.07, 6.45) is 6.44. The Labute approximate surface area is 189 Å². The fourth-order valence-electron chi connectivity index (χ4n) is 5.37. The lowest BCUT2D eigenvalue weighted by atomic mass is 10.1. The zero-order chi connectivity index (χ0) is 22.6. The molecule has 0 spiro atoms. The van der Waals surface area contributed by atoms with Crippen molar-refractivity contribution in [3.8, 4) is 0 Å². The molecule has 2 aromatic rings. The molecule has 1 saturated heterocycles. The lowest BCUT2D eigenvalue weighted by Crippen LogP contribution is -2.41. The molecule has 0 radical (unpaired) electrons. The van der Waals surface area contributed by atoms with Gasteiger partial charge in [0.15, 0.2) is 11.6 Å². The van der Waals surface area contributed by atoms with Gasteiger partial charge >= 0.3 is 0 Å². The van der Waals surface area contributed by atoms with E-state index < -0.39 is 14.8 Å². The molecule has 0 unspecified atom stereocenters. The quantitative estimate of drug-likeness (QED) is 0.271. The van der Waals surface area contributed by atoms with Gasteiger partial charge in [0.05, 0.1) is 25.3 Å². The predicted molar refractivity (Wildman–Crippen MR) is 136 cm³/mol. The van der Waals surface area contributed by atoms with Crippen molar-refractivity contribution in [1.29, 1.82) is 0 Å². The number of unbranched alkanes of at least 4 members (excludes halogenated alkanes) is 1. The number of halogens is 2. The number of nitrogens with zero attached hydrogens (tertiary/aromatic N) is 1. The highest BCUT2D eigenvalue weighted by Crippen LogP contribution is 2.84. The summed E-state index contributed by atoms with van der Waals surface area (Å²) in [5, 5.41) is 1.10. The third-order valence-corrected chi connectivity index (χ3v) is 17.1.